The molecule has 0 unspecified atom stereocenters. The van der Waals surface area contributed by atoms with Crippen LogP contribution in [-0.2, 0) is 19.3 Å². The number of hydrogen-bond donors (Lipinski definition) is 2. The van der Waals surface area contributed by atoms with E-state index in [0.29, 0.717) is 29.3 Å². The number of nitrogens with zero attached hydrogens (tertiary/aromatic N) is 3. The van der Waals surface area contributed by atoms with Gasteiger partial charge in [-0.25, -0.2) is 4.39 Å². The number of halogens is 4. The third kappa shape index (κ3) is 6.54. The molecule has 1 amide bonds. The van der Waals surface area contributed by atoms with Gasteiger partial charge in [0.1, 0.15) is 5.82 Å². The smallest absolute Gasteiger partial charge is 0.387 e. The average Bonchev–Trinajstić information content (AvgIpc) is 3.85. The number of rotatable bonds is 10. The number of nitrogens with one attached hydrogen (secondary N) is 1. The quantitative estimate of drug-likeness (QED) is 0.169. The van der Waals surface area contributed by atoms with E-state index in [1.165, 1.54) is 23.0 Å². The highest BCUT2D eigenvalue weighted by atomic mass is 19.4. The maximum absolute atomic E-state index is 13.9. The summed E-state index contributed by atoms with van der Waals surface area (Å²) in [5.74, 6) is 0.502. The largest absolute Gasteiger partial charge is 0.435 e. The van der Waals surface area contributed by atoms with E-state index in [4.69, 9.17) is 5.73 Å². The molecule has 0 radical (unpaired) electrons. The second kappa shape index (κ2) is 11.1. The van der Waals surface area contributed by atoms with E-state index in [2.05, 4.69) is 15.4 Å². The Hall–Kier alpha value is -3.69. The third-order valence-corrected chi connectivity index (χ3v) is 7.50. The van der Waals surface area contributed by atoms with Crippen LogP contribution in [0, 0.1) is 24.6 Å². The summed E-state index contributed by atoms with van der Waals surface area (Å²) in [5.41, 5.74) is 7.27. The molecular formula is C30H33F4N5O. The Bertz CT molecular complexity index is 1440. The summed E-state index contributed by atoms with van der Waals surface area (Å²) in [5, 5.41) is 6.80. The first-order valence-corrected chi connectivity index (χ1v) is 13.7. The first-order chi connectivity index (χ1) is 19.0. The Balaban J connectivity index is 1.50. The topological polar surface area (TPSA) is 85.3 Å². The summed E-state index contributed by atoms with van der Waals surface area (Å²) < 4.78 is 56.9. The normalized spacial score (nSPS) is 16.7. The van der Waals surface area contributed by atoms with Gasteiger partial charge < -0.3 is 11.1 Å². The number of nitrogens with two attached hydrogens (primary N) is 1. The van der Waals surface area contributed by atoms with Crippen molar-refractivity contribution >= 4 is 11.7 Å². The molecule has 5 rings (SSSR count). The Morgan fingerprint density at radius 1 is 1.18 bits per heavy atom. The minimum Gasteiger partial charge on any atom is -0.387 e. The number of alkyl halides is 3. The van der Waals surface area contributed by atoms with E-state index in [0.717, 1.165) is 31.2 Å². The second-order valence-electron chi connectivity index (χ2n) is 10.9. The number of amidine groups is 1. The molecule has 1 heterocycles. The molecule has 2 aromatic carbocycles. The molecule has 2 fully saturated rings. The van der Waals surface area contributed by atoms with Gasteiger partial charge >= 0.3 is 6.18 Å². The molecule has 212 valence electrons. The van der Waals surface area contributed by atoms with Crippen LogP contribution in [0.4, 0.5) is 17.6 Å². The molecule has 2 saturated carbocycles. The zero-order chi connectivity index (χ0) is 28.6. The number of carbonyl (C=O) groups excluding carboxylic acids is 1. The Kier molecular flexibility index (Phi) is 7.70. The minimum absolute atomic E-state index is 0.104. The van der Waals surface area contributed by atoms with Gasteiger partial charge in [0, 0.05) is 30.3 Å². The molecule has 40 heavy (non-hydrogen) atoms. The van der Waals surface area contributed by atoms with Gasteiger partial charge in [-0.15, -0.1) is 0 Å². The number of aliphatic imine (C=N–C) groups is 1. The van der Waals surface area contributed by atoms with E-state index < -0.39 is 17.8 Å². The summed E-state index contributed by atoms with van der Waals surface area (Å²) in [4.78, 5) is 18.0. The summed E-state index contributed by atoms with van der Waals surface area (Å²) >= 11 is 0. The molecular weight excluding hydrogens is 522 g/mol. The highest BCUT2D eigenvalue weighted by Crippen LogP contribution is 2.42. The number of carbonyl (C=O) groups is 1. The van der Waals surface area contributed by atoms with Gasteiger partial charge in [0.2, 0.25) is 0 Å². The predicted molar refractivity (Wildman–Crippen MR) is 145 cm³/mol. The van der Waals surface area contributed by atoms with Crippen LogP contribution >= 0.6 is 0 Å². The van der Waals surface area contributed by atoms with Gasteiger partial charge in [-0.1, -0.05) is 12.1 Å². The molecule has 2 aliphatic carbocycles. The van der Waals surface area contributed by atoms with Gasteiger partial charge in [-0.05, 0) is 97.9 Å². The lowest BCUT2D eigenvalue weighted by Gasteiger charge is -2.20. The van der Waals surface area contributed by atoms with Gasteiger partial charge in [0.25, 0.3) is 5.91 Å². The zero-order valence-electron chi connectivity index (χ0n) is 22.6. The molecule has 2 aliphatic rings. The van der Waals surface area contributed by atoms with E-state index >= 15 is 0 Å². The van der Waals surface area contributed by atoms with Crippen molar-refractivity contribution in [3.8, 4) is 11.1 Å². The molecule has 1 aromatic heterocycles. The van der Waals surface area contributed by atoms with Crippen LogP contribution in [0.1, 0.15) is 77.8 Å². The highest BCUT2D eigenvalue weighted by Gasteiger charge is 2.38. The fourth-order valence-corrected chi connectivity index (χ4v) is 4.94. The summed E-state index contributed by atoms with van der Waals surface area (Å²) in [7, 11) is 0. The maximum atomic E-state index is 13.9. The minimum atomic E-state index is -4.67. The summed E-state index contributed by atoms with van der Waals surface area (Å²) in [6.45, 7) is 3.78. The van der Waals surface area contributed by atoms with Crippen molar-refractivity contribution in [2.24, 2.45) is 22.6 Å². The molecule has 3 aromatic rings. The Morgan fingerprint density at radius 3 is 2.55 bits per heavy atom. The van der Waals surface area contributed by atoms with Crippen LogP contribution in [0.3, 0.4) is 0 Å². The first kappa shape index (κ1) is 27.9. The van der Waals surface area contributed by atoms with Crippen LogP contribution < -0.4 is 11.1 Å². The number of hydrogen-bond acceptors (Lipinski definition) is 3. The molecule has 10 heteroatoms. The number of benzene rings is 2. The van der Waals surface area contributed by atoms with E-state index in [9.17, 15) is 22.4 Å². The SMILES string of the molecule is CCn1cc(-c2cc(CN=C(N)CC3CC3)cc(C(=O)N[C@H](c3ccc(F)c(C)c3)C3CC3)c2)c(C(F)(F)F)n1. The van der Waals surface area contributed by atoms with Crippen LogP contribution in [0.25, 0.3) is 11.1 Å². The molecule has 0 saturated heterocycles. The molecule has 0 spiro atoms. The Morgan fingerprint density at radius 2 is 1.93 bits per heavy atom. The van der Waals surface area contributed by atoms with Gasteiger partial charge in [0.15, 0.2) is 5.69 Å². The number of amides is 1. The van der Waals surface area contributed by atoms with Crippen LogP contribution in [0.2, 0.25) is 0 Å². The van der Waals surface area contributed by atoms with Crippen LogP contribution in [0.5, 0.6) is 0 Å². The van der Waals surface area contributed by atoms with Crippen molar-refractivity contribution in [3.05, 3.63) is 76.4 Å². The van der Waals surface area contributed by atoms with Crippen LogP contribution in [0.15, 0.2) is 47.6 Å². The lowest BCUT2D eigenvalue weighted by molar-refractivity contribution is -0.141. The fraction of sp³-hybridized carbons (Fsp3) is 0.433. The zero-order valence-corrected chi connectivity index (χ0v) is 22.6. The summed E-state index contributed by atoms with van der Waals surface area (Å²) in [6, 6.07) is 9.16. The van der Waals surface area contributed by atoms with Crippen molar-refractivity contribution in [2.45, 2.75) is 71.3 Å². The van der Waals surface area contributed by atoms with Crippen LogP contribution in [-0.4, -0.2) is 21.5 Å². The fourth-order valence-electron chi connectivity index (χ4n) is 4.94. The number of aromatic nitrogens is 2. The third-order valence-electron chi connectivity index (χ3n) is 7.50. The molecule has 0 bridgehead atoms. The van der Waals surface area contributed by atoms with Crippen molar-refractivity contribution in [1.29, 1.82) is 0 Å². The lowest BCUT2D eigenvalue weighted by Crippen LogP contribution is -2.30. The van der Waals surface area contributed by atoms with Crippen molar-refractivity contribution in [3.63, 3.8) is 0 Å². The monoisotopic (exact) mass is 555 g/mol. The highest BCUT2D eigenvalue weighted by molar-refractivity contribution is 5.96. The summed E-state index contributed by atoms with van der Waals surface area (Å²) in [6.07, 6.45) is 1.45. The maximum Gasteiger partial charge on any atom is 0.435 e. The lowest BCUT2D eigenvalue weighted by atomic mass is 9.97. The van der Waals surface area contributed by atoms with Crippen molar-refractivity contribution < 1.29 is 22.4 Å². The average molecular weight is 556 g/mol. The molecule has 6 nitrogen and oxygen atoms in total. The van der Waals surface area contributed by atoms with Crippen molar-refractivity contribution in [1.82, 2.24) is 15.1 Å². The first-order valence-electron chi connectivity index (χ1n) is 13.7. The number of aryl methyl sites for hydroxylation is 2. The van der Waals surface area contributed by atoms with Gasteiger partial charge in [0.05, 0.1) is 18.4 Å². The predicted octanol–water partition coefficient (Wildman–Crippen LogP) is 6.57. The Labute approximate surface area is 230 Å². The van der Waals surface area contributed by atoms with E-state index in [1.54, 1.807) is 38.1 Å². The standard InChI is InChI=1S/C30H33F4N5O/c1-3-39-16-24(28(38-39)30(32,33)34)22-11-19(15-36-26(35)13-18-4-5-18)12-23(14-22)29(40)37-27(20-6-7-20)21-8-9-25(31)17(2)10-21/h8-12,14,16,18,20,27H,3-7,13,15H2,1-2H3,(H2,35,36)(H,37,40)/t27-/m0/s1. The van der Waals surface area contributed by atoms with Gasteiger partial charge in [-0.3, -0.25) is 14.5 Å². The van der Waals surface area contributed by atoms with E-state index in [1.807, 2.05) is 0 Å². The van der Waals surface area contributed by atoms with E-state index in [-0.39, 0.29) is 47.6 Å². The molecule has 3 N–H and O–H groups in total. The molecule has 1 atom stereocenters. The van der Waals surface area contributed by atoms with Crippen molar-refractivity contribution in [2.75, 3.05) is 0 Å². The second-order valence-corrected chi connectivity index (χ2v) is 10.9. The molecule has 0 aliphatic heterocycles. The van der Waals surface area contributed by atoms with Gasteiger partial charge in [-0.2, -0.15) is 18.3 Å².